The maximum Gasteiger partial charge on any atom is 0.229 e. The molecule has 0 bridgehead atoms. The Bertz CT molecular complexity index is 459. The van der Waals surface area contributed by atoms with Crippen LogP contribution in [0.5, 0.6) is 5.75 Å². The second-order valence-electron chi connectivity index (χ2n) is 5.04. The Morgan fingerprint density at radius 2 is 2.32 bits per heavy atom. The van der Waals surface area contributed by atoms with Crippen molar-refractivity contribution in [3.8, 4) is 5.75 Å². The predicted octanol–water partition coefficient (Wildman–Crippen LogP) is 2.33. The molecule has 1 heterocycles. The van der Waals surface area contributed by atoms with Gasteiger partial charge in [-0.3, -0.25) is 4.79 Å². The summed E-state index contributed by atoms with van der Waals surface area (Å²) in [6.45, 7) is 7.56. The van der Waals surface area contributed by atoms with Gasteiger partial charge in [0, 0.05) is 11.7 Å². The van der Waals surface area contributed by atoms with Gasteiger partial charge in [-0.15, -0.1) is 0 Å². The lowest BCUT2D eigenvalue weighted by Gasteiger charge is -2.16. The highest BCUT2D eigenvalue weighted by Crippen LogP contribution is 2.23. The molecule has 19 heavy (non-hydrogen) atoms. The van der Waals surface area contributed by atoms with Crippen molar-refractivity contribution >= 4 is 11.6 Å². The number of rotatable bonds is 4. The van der Waals surface area contributed by atoms with E-state index in [-0.39, 0.29) is 17.9 Å². The minimum absolute atomic E-state index is 0.0611. The molecule has 1 amide bonds. The van der Waals surface area contributed by atoms with Crippen molar-refractivity contribution in [2.75, 3.05) is 18.5 Å². The number of nitrogens with one attached hydrogen (secondary N) is 2. The molecule has 1 aliphatic heterocycles. The molecular formula is C15H22N2O2. The molecule has 4 nitrogen and oxygen atoms in total. The summed E-state index contributed by atoms with van der Waals surface area (Å²) in [6.07, 6.45) is 0.906. The van der Waals surface area contributed by atoms with Crippen LogP contribution in [-0.2, 0) is 4.79 Å². The average Bonchev–Trinajstić information content (AvgIpc) is 2.79. The minimum Gasteiger partial charge on any atom is -0.494 e. The zero-order valence-electron chi connectivity index (χ0n) is 11.8. The molecule has 104 valence electrons. The summed E-state index contributed by atoms with van der Waals surface area (Å²) in [5, 5.41) is 6.31. The van der Waals surface area contributed by atoms with Crippen LogP contribution < -0.4 is 15.4 Å². The lowest BCUT2D eigenvalue weighted by Crippen LogP contribution is -2.32. The topological polar surface area (TPSA) is 50.4 Å². The van der Waals surface area contributed by atoms with Gasteiger partial charge >= 0.3 is 0 Å². The molecule has 1 fully saturated rings. The molecule has 0 spiro atoms. The van der Waals surface area contributed by atoms with E-state index in [0.717, 1.165) is 30.0 Å². The highest BCUT2D eigenvalue weighted by Gasteiger charge is 2.29. The molecule has 4 heteroatoms. The van der Waals surface area contributed by atoms with E-state index in [1.165, 1.54) is 0 Å². The van der Waals surface area contributed by atoms with Crippen molar-refractivity contribution in [2.45, 2.75) is 33.2 Å². The van der Waals surface area contributed by atoms with Crippen molar-refractivity contribution in [1.82, 2.24) is 5.32 Å². The van der Waals surface area contributed by atoms with Crippen LogP contribution in [0.3, 0.4) is 0 Å². The number of hydrogen-bond acceptors (Lipinski definition) is 3. The number of carbonyl (C=O) groups is 1. The third-order valence-corrected chi connectivity index (χ3v) is 3.63. The normalized spacial score (nSPS) is 22.3. The first-order valence-electron chi connectivity index (χ1n) is 6.89. The second kappa shape index (κ2) is 6.06. The van der Waals surface area contributed by atoms with Gasteiger partial charge < -0.3 is 15.4 Å². The van der Waals surface area contributed by atoms with Crippen LogP contribution in [0.1, 0.15) is 25.8 Å². The van der Waals surface area contributed by atoms with Gasteiger partial charge in [-0.25, -0.2) is 0 Å². The number of carbonyl (C=O) groups excluding carboxylic acids is 1. The largest absolute Gasteiger partial charge is 0.494 e. The molecule has 2 rings (SSSR count). The van der Waals surface area contributed by atoms with Gasteiger partial charge in [-0.2, -0.15) is 0 Å². The van der Waals surface area contributed by atoms with Crippen molar-refractivity contribution in [1.29, 1.82) is 0 Å². The summed E-state index contributed by atoms with van der Waals surface area (Å²) in [5.74, 6) is 1.00. The first-order chi connectivity index (χ1) is 9.11. The SMILES string of the molecule is CCOc1ccc(NC(=O)C2CCNC2C)c(C)c1. The highest BCUT2D eigenvalue weighted by molar-refractivity contribution is 5.94. The zero-order valence-corrected chi connectivity index (χ0v) is 11.8. The fraction of sp³-hybridized carbons (Fsp3) is 0.533. The van der Waals surface area contributed by atoms with Crippen molar-refractivity contribution in [2.24, 2.45) is 5.92 Å². The quantitative estimate of drug-likeness (QED) is 0.875. The minimum atomic E-state index is 0.0611. The molecular weight excluding hydrogens is 240 g/mol. The van der Waals surface area contributed by atoms with Crippen LogP contribution in [0, 0.1) is 12.8 Å². The standard InChI is InChI=1S/C15H22N2O2/c1-4-19-12-5-6-14(10(2)9-12)17-15(18)13-7-8-16-11(13)3/h5-6,9,11,13,16H,4,7-8H2,1-3H3,(H,17,18). The molecule has 0 radical (unpaired) electrons. The van der Waals surface area contributed by atoms with E-state index >= 15 is 0 Å². The number of aryl methyl sites for hydroxylation is 1. The molecule has 1 saturated heterocycles. The van der Waals surface area contributed by atoms with Crippen molar-refractivity contribution < 1.29 is 9.53 Å². The molecule has 2 atom stereocenters. The molecule has 1 aromatic carbocycles. The maximum absolute atomic E-state index is 12.2. The van der Waals surface area contributed by atoms with E-state index in [2.05, 4.69) is 17.6 Å². The van der Waals surface area contributed by atoms with Crippen LogP contribution in [0.4, 0.5) is 5.69 Å². The zero-order chi connectivity index (χ0) is 13.8. The molecule has 0 aromatic heterocycles. The first-order valence-corrected chi connectivity index (χ1v) is 6.89. The van der Waals surface area contributed by atoms with Crippen LogP contribution >= 0.6 is 0 Å². The van der Waals surface area contributed by atoms with Crippen molar-refractivity contribution in [3.63, 3.8) is 0 Å². The Balaban J connectivity index is 2.04. The summed E-state index contributed by atoms with van der Waals surface area (Å²) in [6, 6.07) is 6.01. The average molecular weight is 262 g/mol. The van der Waals surface area contributed by atoms with E-state index < -0.39 is 0 Å². The summed E-state index contributed by atoms with van der Waals surface area (Å²) < 4.78 is 5.44. The van der Waals surface area contributed by atoms with Gasteiger partial charge in [0.05, 0.1) is 12.5 Å². The van der Waals surface area contributed by atoms with E-state index in [0.29, 0.717) is 6.61 Å². The van der Waals surface area contributed by atoms with Crippen LogP contribution in [-0.4, -0.2) is 25.1 Å². The molecule has 1 aliphatic rings. The fourth-order valence-corrected chi connectivity index (χ4v) is 2.48. The van der Waals surface area contributed by atoms with E-state index in [1.54, 1.807) is 0 Å². The van der Waals surface area contributed by atoms with E-state index in [9.17, 15) is 4.79 Å². The fourth-order valence-electron chi connectivity index (χ4n) is 2.48. The summed E-state index contributed by atoms with van der Waals surface area (Å²) in [5.41, 5.74) is 1.89. The van der Waals surface area contributed by atoms with Crippen LogP contribution in [0.2, 0.25) is 0 Å². The predicted molar refractivity (Wildman–Crippen MR) is 76.5 cm³/mol. The molecule has 0 aliphatic carbocycles. The third kappa shape index (κ3) is 3.26. The van der Waals surface area contributed by atoms with Gasteiger partial charge in [-0.1, -0.05) is 0 Å². The third-order valence-electron chi connectivity index (χ3n) is 3.63. The van der Waals surface area contributed by atoms with Crippen LogP contribution in [0.25, 0.3) is 0 Å². The van der Waals surface area contributed by atoms with Gasteiger partial charge in [0.25, 0.3) is 0 Å². The lowest BCUT2D eigenvalue weighted by atomic mass is 10.0. The lowest BCUT2D eigenvalue weighted by molar-refractivity contribution is -0.120. The Kier molecular flexibility index (Phi) is 4.43. The summed E-state index contributed by atoms with van der Waals surface area (Å²) >= 11 is 0. The number of ether oxygens (including phenoxy) is 1. The molecule has 2 unspecified atom stereocenters. The van der Waals surface area contributed by atoms with Gasteiger partial charge in [0.15, 0.2) is 0 Å². The number of amides is 1. The molecule has 2 N–H and O–H groups in total. The summed E-state index contributed by atoms with van der Waals surface area (Å²) in [4.78, 5) is 12.2. The first kappa shape index (κ1) is 13.9. The highest BCUT2D eigenvalue weighted by atomic mass is 16.5. The second-order valence-corrected chi connectivity index (χ2v) is 5.04. The number of hydrogen-bond donors (Lipinski definition) is 2. The Morgan fingerprint density at radius 3 is 2.89 bits per heavy atom. The summed E-state index contributed by atoms with van der Waals surface area (Å²) in [7, 11) is 0. The van der Waals surface area contributed by atoms with Crippen LogP contribution in [0.15, 0.2) is 18.2 Å². The Labute approximate surface area is 114 Å². The smallest absolute Gasteiger partial charge is 0.229 e. The Hall–Kier alpha value is -1.55. The van der Waals surface area contributed by atoms with Gasteiger partial charge in [0.2, 0.25) is 5.91 Å². The molecule has 1 aromatic rings. The van der Waals surface area contributed by atoms with Gasteiger partial charge in [0.1, 0.15) is 5.75 Å². The van der Waals surface area contributed by atoms with E-state index in [1.807, 2.05) is 32.0 Å². The van der Waals surface area contributed by atoms with Crippen molar-refractivity contribution in [3.05, 3.63) is 23.8 Å². The van der Waals surface area contributed by atoms with Gasteiger partial charge in [-0.05, 0) is 57.5 Å². The molecule has 0 saturated carbocycles. The number of anilines is 1. The maximum atomic E-state index is 12.2. The Morgan fingerprint density at radius 1 is 1.53 bits per heavy atom. The number of benzene rings is 1. The monoisotopic (exact) mass is 262 g/mol. The van der Waals surface area contributed by atoms with E-state index in [4.69, 9.17) is 4.74 Å².